The van der Waals surface area contributed by atoms with Crippen LogP contribution < -0.4 is 10.6 Å². The summed E-state index contributed by atoms with van der Waals surface area (Å²) in [6.07, 6.45) is 1.75. The molecule has 0 saturated carbocycles. The molecule has 0 aliphatic rings. The lowest BCUT2D eigenvalue weighted by Gasteiger charge is -2.28. The third-order valence-corrected chi connectivity index (χ3v) is 3.02. The normalized spacial score (nSPS) is 11.5. The standard InChI is InChI=1S/C13H24N4O2/c1-5-6-10-15-11(14-4)9(2)12(16-10)17-13(3,7-18)8-19/h18-19H,5-8H2,1-4H3,(H2,14,15,16,17). The second-order valence-corrected chi connectivity index (χ2v) is 4.96. The number of aliphatic hydroxyl groups is 2. The Hall–Kier alpha value is -1.40. The van der Waals surface area contributed by atoms with E-state index in [1.165, 1.54) is 0 Å². The number of aliphatic hydroxyl groups excluding tert-OH is 2. The molecule has 0 unspecified atom stereocenters. The quantitative estimate of drug-likeness (QED) is 0.588. The van der Waals surface area contributed by atoms with Gasteiger partial charge in [0.1, 0.15) is 17.5 Å². The van der Waals surface area contributed by atoms with Crippen molar-refractivity contribution < 1.29 is 10.2 Å². The second-order valence-electron chi connectivity index (χ2n) is 4.96. The lowest BCUT2D eigenvalue weighted by molar-refractivity contribution is 0.147. The Kier molecular flexibility index (Phi) is 5.50. The van der Waals surface area contributed by atoms with E-state index >= 15 is 0 Å². The molecule has 0 radical (unpaired) electrons. The summed E-state index contributed by atoms with van der Waals surface area (Å²) in [6, 6.07) is 0. The van der Waals surface area contributed by atoms with E-state index in [1.807, 2.05) is 14.0 Å². The summed E-state index contributed by atoms with van der Waals surface area (Å²) in [7, 11) is 1.81. The van der Waals surface area contributed by atoms with Crippen LogP contribution in [0.3, 0.4) is 0 Å². The molecule has 6 nitrogen and oxygen atoms in total. The molecular formula is C13H24N4O2. The van der Waals surface area contributed by atoms with Gasteiger partial charge in [0.05, 0.1) is 18.8 Å². The first-order chi connectivity index (χ1) is 8.99. The van der Waals surface area contributed by atoms with E-state index in [0.717, 1.165) is 30.0 Å². The van der Waals surface area contributed by atoms with Crippen LogP contribution in [-0.4, -0.2) is 46.0 Å². The zero-order valence-electron chi connectivity index (χ0n) is 12.1. The molecule has 0 spiro atoms. The number of hydrogen-bond acceptors (Lipinski definition) is 6. The summed E-state index contributed by atoms with van der Waals surface area (Å²) in [5.74, 6) is 2.16. The summed E-state index contributed by atoms with van der Waals surface area (Å²) in [5, 5.41) is 24.9. The minimum atomic E-state index is -0.798. The van der Waals surface area contributed by atoms with Crippen LogP contribution in [0, 0.1) is 6.92 Å². The van der Waals surface area contributed by atoms with Crippen molar-refractivity contribution in [2.24, 2.45) is 0 Å². The highest BCUT2D eigenvalue weighted by molar-refractivity contribution is 5.58. The number of anilines is 2. The minimum Gasteiger partial charge on any atom is -0.394 e. The third-order valence-electron chi connectivity index (χ3n) is 3.02. The largest absolute Gasteiger partial charge is 0.394 e. The lowest BCUT2D eigenvalue weighted by Crippen LogP contribution is -2.43. The van der Waals surface area contributed by atoms with Gasteiger partial charge < -0.3 is 20.8 Å². The highest BCUT2D eigenvalue weighted by Gasteiger charge is 2.24. The van der Waals surface area contributed by atoms with Crippen molar-refractivity contribution in [3.05, 3.63) is 11.4 Å². The summed E-state index contributed by atoms with van der Waals surface area (Å²) in [5.41, 5.74) is 0.0728. The SMILES string of the molecule is CCCc1nc(NC)c(C)c(NC(C)(CO)CO)n1. The van der Waals surface area contributed by atoms with Crippen molar-refractivity contribution in [1.82, 2.24) is 9.97 Å². The molecule has 19 heavy (non-hydrogen) atoms. The first kappa shape index (κ1) is 15.7. The maximum absolute atomic E-state index is 9.36. The average molecular weight is 268 g/mol. The van der Waals surface area contributed by atoms with Crippen LogP contribution in [-0.2, 0) is 6.42 Å². The van der Waals surface area contributed by atoms with E-state index in [0.29, 0.717) is 5.82 Å². The van der Waals surface area contributed by atoms with E-state index in [2.05, 4.69) is 27.5 Å². The second kappa shape index (κ2) is 6.68. The van der Waals surface area contributed by atoms with Crippen molar-refractivity contribution >= 4 is 11.6 Å². The van der Waals surface area contributed by atoms with Crippen molar-refractivity contribution in [3.8, 4) is 0 Å². The summed E-state index contributed by atoms with van der Waals surface area (Å²) in [4.78, 5) is 8.90. The molecule has 0 aliphatic carbocycles. The smallest absolute Gasteiger partial charge is 0.135 e. The molecule has 4 N–H and O–H groups in total. The van der Waals surface area contributed by atoms with Crippen LogP contribution in [0.25, 0.3) is 0 Å². The van der Waals surface area contributed by atoms with Gasteiger partial charge in [0.2, 0.25) is 0 Å². The number of nitrogens with zero attached hydrogens (tertiary/aromatic N) is 2. The molecule has 1 rings (SSSR count). The molecule has 1 aromatic rings. The summed E-state index contributed by atoms with van der Waals surface area (Å²) in [6.45, 7) is 5.36. The van der Waals surface area contributed by atoms with E-state index in [-0.39, 0.29) is 13.2 Å². The number of nitrogens with one attached hydrogen (secondary N) is 2. The predicted octanol–water partition coefficient (Wildman–Crippen LogP) is 0.934. The van der Waals surface area contributed by atoms with Gasteiger partial charge in [0.15, 0.2) is 0 Å². The number of aromatic nitrogens is 2. The fraction of sp³-hybridized carbons (Fsp3) is 0.692. The Morgan fingerprint density at radius 1 is 1.16 bits per heavy atom. The van der Waals surface area contributed by atoms with Crippen molar-refractivity contribution in [2.45, 2.75) is 39.2 Å². The predicted molar refractivity (Wildman–Crippen MR) is 76.5 cm³/mol. The van der Waals surface area contributed by atoms with E-state index in [9.17, 15) is 10.2 Å². The first-order valence-corrected chi connectivity index (χ1v) is 6.54. The highest BCUT2D eigenvalue weighted by atomic mass is 16.3. The summed E-state index contributed by atoms with van der Waals surface area (Å²) >= 11 is 0. The molecule has 108 valence electrons. The van der Waals surface area contributed by atoms with Crippen LogP contribution in [0.2, 0.25) is 0 Å². The average Bonchev–Trinajstić information content (AvgIpc) is 2.42. The van der Waals surface area contributed by atoms with Gasteiger partial charge in [-0.2, -0.15) is 0 Å². The molecule has 0 bridgehead atoms. The highest BCUT2D eigenvalue weighted by Crippen LogP contribution is 2.23. The van der Waals surface area contributed by atoms with Gasteiger partial charge in [-0.1, -0.05) is 6.92 Å². The topological polar surface area (TPSA) is 90.3 Å². The Balaban J connectivity index is 3.14. The van der Waals surface area contributed by atoms with Crippen molar-refractivity contribution in [1.29, 1.82) is 0 Å². The molecule has 0 fully saturated rings. The van der Waals surface area contributed by atoms with Crippen LogP contribution in [0.5, 0.6) is 0 Å². The van der Waals surface area contributed by atoms with Gasteiger partial charge in [0.25, 0.3) is 0 Å². The van der Waals surface area contributed by atoms with E-state index < -0.39 is 5.54 Å². The molecule has 0 atom stereocenters. The number of hydrogen-bond donors (Lipinski definition) is 4. The maximum Gasteiger partial charge on any atom is 0.135 e. The Bertz CT molecular complexity index is 419. The monoisotopic (exact) mass is 268 g/mol. The third kappa shape index (κ3) is 3.78. The van der Waals surface area contributed by atoms with E-state index in [4.69, 9.17) is 0 Å². The maximum atomic E-state index is 9.36. The fourth-order valence-electron chi connectivity index (χ4n) is 1.68. The lowest BCUT2D eigenvalue weighted by atomic mass is 10.1. The van der Waals surface area contributed by atoms with Gasteiger partial charge in [-0.25, -0.2) is 9.97 Å². The molecule has 0 saturated heterocycles. The van der Waals surface area contributed by atoms with Crippen molar-refractivity contribution in [2.75, 3.05) is 30.9 Å². The summed E-state index contributed by atoms with van der Waals surface area (Å²) < 4.78 is 0. The van der Waals surface area contributed by atoms with Crippen LogP contribution in [0.15, 0.2) is 0 Å². The molecule has 1 aromatic heterocycles. The fourth-order valence-corrected chi connectivity index (χ4v) is 1.68. The Morgan fingerprint density at radius 3 is 2.21 bits per heavy atom. The zero-order valence-corrected chi connectivity index (χ0v) is 12.1. The van der Waals surface area contributed by atoms with Crippen LogP contribution in [0.1, 0.15) is 31.7 Å². The zero-order chi connectivity index (χ0) is 14.5. The Labute approximate surface area is 114 Å². The van der Waals surface area contributed by atoms with Crippen LogP contribution in [0.4, 0.5) is 11.6 Å². The molecule has 6 heteroatoms. The molecular weight excluding hydrogens is 244 g/mol. The van der Waals surface area contributed by atoms with E-state index in [1.54, 1.807) is 6.92 Å². The van der Waals surface area contributed by atoms with Gasteiger partial charge in [-0.15, -0.1) is 0 Å². The molecule has 0 aliphatic heterocycles. The van der Waals surface area contributed by atoms with Crippen molar-refractivity contribution in [3.63, 3.8) is 0 Å². The molecule has 0 amide bonds. The van der Waals surface area contributed by atoms with Gasteiger partial charge in [-0.05, 0) is 20.3 Å². The molecule has 0 aromatic carbocycles. The van der Waals surface area contributed by atoms with Gasteiger partial charge in [-0.3, -0.25) is 0 Å². The van der Waals surface area contributed by atoms with Crippen LogP contribution >= 0.6 is 0 Å². The van der Waals surface area contributed by atoms with Gasteiger partial charge >= 0.3 is 0 Å². The van der Waals surface area contributed by atoms with Gasteiger partial charge in [0, 0.05) is 19.0 Å². The first-order valence-electron chi connectivity index (χ1n) is 6.54. The number of rotatable bonds is 7. The minimum absolute atomic E-state index is 0.176. The Morgan fingerprint density at radius 2 is 1.74 bits per heavy atom. The molecule has 1 heterocycles. The number of aryl methyl sites for hydroxylation is 1.